The second kappa shape index (κ2) is 4.95. The number of carbonyl (C=O) groups excluding carboxylic acids is 1. The molecule has 0 saturated carbocycles. The Morgan fingerprint density at radius 3 is 2.55 bits per heavy atom. The van der Waals surface area contributed by atoms with E-state index in [4.69, 9.17) is 4.74 Å². The Hall–Kier alpha value is -1.24. The van der Waals surface area contributed by atoms with E-state index in [1.165, 1.54) is 4.90 Å². The van der Waals surface area contributed by atoms with Crippen molar-refractivity contribution in [3.63, 3.8) is 0 Å². The summed E-state index contributed by atoms with van der Waals surface area (Å²) in [5.74, 6) is 0. The Kier molecular flexibility index (Phi) is 3.75. The smallest absolute Gasteiger partial charge is 0.425 e. The Morgan fingerprint density at radius 2 is 2.00 bits per heavy atom. The molecule has 0 atom stereocenters. The van der Waals surface area contributed by atoms with Crippen LogP contribution in [0.3, 0.4) is 0 Å². The van der Waals surface area contributed by atoms with E-state index >= 15 is 0 Å². The van der Waals surface area contributed by atoms with E-state index in [1.54, 1.807) is 20.8 Å². The Balaban J connectivity index is 2.11. The van der Waals surface area contributed by atoms with Gasteiger partial charge in [0.1, 0.15) is 10.5 Å². The summed E-state index contributed by atoms with van der Waals surface area (Å²) in [6, 6.07) is 1.14. The zero-order valence-electron chi connectivity index (χ0n) is 11.5. The van der Waals surface area contributed by atoms with E-state index in [-0.39, 0.29) is 6.54 Å². The zero-order chi connectivity index (χ0) is 15.1. The van der Waals surface area contributed by atoms with Gasteiger partial charge in [-0.05, 0) is 38.8 Å². The molecule has 1 amide bonds. The molecule has 0 N–H and O–H groups in total. The number of alkyl halides is 3. The largest absolute Gasteiger partial charge is 0.444 e. The van der Waals surface area contributed by atoms with Crippen molar-refractivity contribution in [1.82, 2.24) is 4.90 Å². The zero-order valence-corrected chi connectivity index (χ0v) is 12.3. The van der Waals surface area contributed by atoms with Gasteiger partial charge in [0.2, 0.25) is 0 Å². The van der Waals surface area contributed by atoms with Gasteiger partial charge in [0.25, 0.3) is 0 Å². The number of amides is 1. The van der Waals surface area contributed by atoms with Crippen molar-refractivity contribution >= 4 is 17.4 Å². The van der Waals surface area contributed by atoms with E-state index in [2.05, 4.69) is 0 Å². The second-order valence-electron chi connectivity index (χ2n) is 5.71. The minimum atomic E-state index is -4.32. The quantitative estimate of drug-likeness (QED) is 0.723. The van der Waals surface area contributed by atoms with Crippen molar-refractivity contribution in [2.45, 2.75) is 45.5 Å². The lowest BCUT2D eigenvalue weighted by Gasteiger charge is -2.29. The van der Waals surface area contributed by atoms with Crippen LogP contribution in [-0.2, 0) is 23.9 Å². The molecular weight excluding hydrogens is 291 g/mol. The molecule has 0 aromatic carbocycles. The van der Waals surface area contributed by atoms with Crippen LogP contribution in [0.25, 0.3) is 0 Å². The molecular formula is C13H16F3NO2S. The van der Waals surface area contributed by atoms with Crippen molar-refractivity contribution < 1.29 is 22.7 Å². The van der Waals surface area contributed by atoms with Gasteiger partial charge in [0.05, 0.1) is 6.54 Å². The summed E-state index contributed by atoms with van der Waals surface area (Å²) in [6.45, 7) is 5.84. The van der Waals surface area contributed by atoms with E-state index in [1.807, 2.05) is 0 Å². The number of rotatable bonds is 0. The van der Waals surface area contributed by atoms with Crippen LogP contribution < -0.4 is 0 Å². The number of hydrogen-bond acceptors (Lipinski definition) is 3. The van der Waals surface area contributed by atoms with E-state index < -0.39 is 22.7 Å². The molecule has 1 aliphatic heterocycles. The lowest BCUT2D eigenvalue weighted by atomic mass is 10.1. The van der Waals surface area contributed by atoms with Crippen LogP contribution in [-0.4, -0.2) is 23.1 Å². The summed E-state index contributed by atoms with van der Waals surface area (Å²) in [5, 5.41) is 0. The number of nitrogens with zero attached hydrogens (tertiary/aromatic N) is 1. The summed E-state index contributed by atoms with van der Waals surface area (Å²) in [6.07, 6.45) is -4.36. The minimum Gasteiger partial charge on any atom is -0.444 e. The van der Waals surface area contributed by atoms with Crippen molar-refractivity contribution in [1.29, 1.82) is 0 Å². The average Bonchev–Trinajstić information content (AvgIpc) is 2.68. The number of halogens is 3. The van der Waals surface area contributed by atoms with Crippen LogP contribution in [0.2, 0.25) is 0 Å². The highest BCUT2D eigenvalue weighted by atomic mass is 32.1. The molecule has 0 saturated heterocycles. The van der Waals surface area contributed by atoms with Crippen LogP contribution in [0.5, 0.6) is 0 Å². The van der Waals surface area contributed by atoms with Gasteiger partial charge in [0, 0.05) is 11.4 Å². The highest BCUT2D eigenvalue weighted by Gasteiger charge is 2.35. The third-order valence-corrected chi connectivity index (χ3v) is 4.08. The molecule has 0 spiro atoms. The fraction of sp³-hybridized carbons (Fsp3) is 0.615. The molecule has 0 unspecified atom stereocenters. The first-order chi connectivity index (χ1) is 9.06. The number of carbonyl (C=O) groups is 1. The van der Waals surface area contributed by atoms with Gasteiger partial charge in [-0.1, -0.05) is 0 Å². The van der Waals surface area contributed by atoms with Crippen LogP contribution in [0.15, 0.2) is 6.07 Å². The summed E-state index contributed by atoms with van der Waals surface area (Å²) in [7, 11) is 0. The van der Waals surface area contributed by atoms with Gasteiger partial charge >= 0.3 is 12.3 Å². The van der Waals surface area contributed by atoms with E-state index in [0.29, 0.717) is 23.4 Å². The first-order valence-electron chi connectivity index (χ1n) is 6.23. The summed E-state index contributed by atoms with van der Waals surface area (Å²) >= 11 is 0.765. The lowest BCUT2D eigenvalue weighted by Crippen LogP contribution is -2.39. The number of hydrogen-bond donors (Lipinski definition) is 0. The van der Waals surface area contributed by atoms with Crippen LogP contribution in [0.1, 0.15) is 36.1 Å². The average molecular weight is 307 g/mol. The predicted molar refractivity (Wildman–Crippen MR) is 69.7 cm³/mol. The molecule has 1 aliphatic rings. The Bertz CT molecular complexity index is 517. The molecule has 20 heavy (non-hydrogen) atoms. The molecule has 0 bridgehead atoms. The van der Waals surface area contributed by atoms with Crippen LogP contribution in [0.4, 0.5) is 18.0 Å². The molecule has 2 heterocycles. The maximum atomic E-state index is 12.7. The lowest BCUT2D eigenvalue weighted by molar-refractivity contribution is -0.134. The van der Waals surface area contributed by atoms with Crippen molar-refractivity contribution in [3.05, 3.63) is 21.4 Å². The Morgan fingerprint density at radius 1 is 1.35 bits per heavy atom. The second-order valence-corrected chi connectivity index (χ2v) is 6.85. The van der Waals surface area contributed by atoms with Crippen molar-refractivity contribution in [2.24, 2.45) is 0 Å². The summed E-state index contributed by atoms with van der Waals surface area (Å²) < 4.78 is 43.2. The highest BCUT2D eigenvalue weighted by Crippen LogP contribution is 2.38. The molecule has 1 aromatic heterocycles. The molecule has 112 valence electrons. The minimum absolute atomic E-state index is 0.177. The monoisotopic (exact) mass is 307 g/mol. The molecule has 0 fully saturated rings. The molecule has 2 rings (SSSR count). The van der Waals surface area contributed by atoms with E-state index in [9.17, 15) is 18.0 Å². The summed E-state index contributed by atoms with van der Waals surface area (Å²) in [4.78, 5) is 13.5. The van der Waals surface area contributed by atoms with Gasteiger partial charge in [-0.25, -0.2) is 4.79 Å². The van der Waals surface area contributed by atoms with Gasteiger partial charge in [-0.3, -0.25) is 0 Å². The Labute approximate surface area is 119 Å². The number of fused-ring (bicyclic) bond motifs is 1. The standard InChI is InChI=1S/C13H16F3NO2S/c1-12(2,3)19-11(18)17-5-4-9-8(7-17)6-10(20-9)13(14,15)16/h6H,4-5,7H2,1-3H3. The fourth-order valence-electron chi connectivity index (χ4n) is 1.96. The third kappa shape index (κ3) is 3.45. The SMILES string of the molecule is CC(C)(C)OC(=O)N1CCc2sc(C(F)(F)F)cc2C1. The summed E-state index contributed by atoms with van der Waals surface area (Å²) in [5.41, 5.74) is -0.0391. The van der Waals surface area contributed by atoms with Crippen LogP contribution >= 0.6 is 11.3 Å². The molecule has 7 heteroatoms. The maximum absolute atomic E-state index is 12.7. The third-order valence-electron chi connectivity index (χ3n) is 2.80. The van der Waals surface area contributed by atoms with Crippen molar-refractivity contribution in [2.75, 3.05) is 6.54 Å². The molecule has 0 aliphatic carbocycles. The highest BCUT2D eigenvalue weighted by molar-refractivity contribution is 7.12. The number of thiophene rings is 1. The van der Waals surface area contributed by atoms with Crippen LogP contribution in [0, 0.1) is 0 Å². The van der Waals surface area contributed by atoms with Crippen molar-refractivity contribution in [3.8, 4) is 0 Å². The topological polar surface area (TPSA) is 29.5 Å². The normalized spacial score (nSPS) is 16.0. The van der Waals surface area contributed by atoms with E-state index in [0.717, 1.165) is 17.4 Å². The van der Waals surface area contributed by atoms with Gasteiger partial charge in [-0.15, -0.1) is 11.3 Å². The van der Waals surface area contributed by atoms with Gasteiger partial charge in [0.15, 0.2) is 0 Å². The maximum Gasteiger partial charge on any atom is 0.425 e. The molecule has 0 radical (unpaired) electrons. The first-order valence-corrected chi connectivity index (χ1v) is 7.04. The predicted octanol–water partition coefficient (Wildman–Crippen LogP) is 4.06. The first kappa shape index (κ1) is 15.2. The molecule has 3 nitrogen and oxygen atoms in total. The van der Waals surface area contributed by atoms with Gasteiger partial charge < -0.3 is 9.64 Å². The number of ether oxygens (including phenoxy) is 1. The molecule has 1 aromatic rings. The van der Waals surface area contributed by atoms with Gasteiger partial charge in [-0.2, -0.15) is 13.2 Å². The fourth-order valence-corrected chi connectivity index (χ4v) is 2.99.